The number of hydrogen-bond acceptors (Lipinski definition) is 4. The van der Waals surface area contributed by atoms with E-state index in [1.807, 2.05) is 0 Å². The van der Waals surface area contributed by atoms with Crippen molar-refractivity contribution in [1.29, 1.82) is 0 Å². The summed E-state index contributed by atoms with van der Waals surface area (Å²) >= 11 is 0. The minimum Gasteiger partial charge on any atom is -0.446 e. The Morgan fingerprint density at radius 1 is 1.35 bits per heavy atom. The number of amides is 1. The maximum atomic E-state index is 12.8. The van der Waals surface area contributed by atoms with Crippen LogP contribution >= 0.6 is 0 Å². The van der Waals surface area contributed by atoms with Crippen molar-refractivity contribution < 1.29 is 13.6 Å². The van der Waals surface area contributed by atoms with Crippen LogP contribution in [0, 0.1) is 5.82 Å². The zero-order valence-electron chi connectivity index (χ0n) is 11.3. The Morgan fingerprint density at radius 2 is 2.00 bits per heavy atom. The van der Waals surface area contributed by atoms with Crippen LogP contribution in [0.3, 0.4) is 0 Å². The van der Waals surface area contributed by atoms with Gasteiger partial charge in [0.25, 0.3) is 5.91 Å². The van der Waals surface area contributed by atoms with Crippen molar-refractivity contribution in [3.8, 4) is 0 Å². The van der Waals surface area contributed by atoms with Gasteiger partial charge in [0, 0.05) is 0 Å². The molecular weight excluding hydrogens is 261 g/mol. The molecule has 106 valence electrons. The molecular formula is C14H16FN3O2. The predicted molar refractivity (Wildman–Crippen MR) is 71.4 cm³/mol. The Hall–Kier alpha value is -2.21. The summed E-state index contributed by atoms with van der Waals surface area (Å²) in [5.74, 6) is -0.368. The zero-order chi connectivity index (χ0) is 14.7. The lowest BCUT2D eigenvalue weighted by Gasteiger charge is -2.13. The summed E-state index contributed by atoms with van der Waals surface area (Å²) < 4.78 is 17.9. The van der Waals surface area contributed by atoms with E-state index in [-0.39, 0.29) is 29.5 Å². The van der Waals surface area contributed by atoms with E-state index in [9.17, 15) is 9.18 Å². The quantitative estimate of drug-likeness (QED) is 0.898. The van der Waals surface area contributed by atoms with Gasteiger partial charge in [-0.2, -0.15) is 0 Å². The molecule has 3 N–H and O–H groups in total. The Kier molecular flexibility index (Phi) is 4.14. The molecule has 0 saturated carbocycles. The first-order valence-electron chi connectivity index (χ1n) is 6.24. The number of nitrogens with zero attached hydrogens (tertiary/aromatic N) is 1. The standard InChI is InChI=1S/C14H16FN3O2/c1-8(16)14-18-12(7-20-14)13(19)17-9(2)10-3-5-11(15)6-4-10/h3-9H,16H2,1-2H3,(H,17,19). The van der Waals surface area contributed by atoms with E-state index in [1.54, 1.807) is 26.0 Å². The molecule has 0 fully saturated rings. The number of rotatable bonds is 4. The number of hydrogen-bond donors (Lipinski definition) is 2. The second-order valence-electron chi connectivity index (χ2n) is 4.61. The van der Waals surface area contributed by atoms with E-state index in [0.29, 0.717) is 5.89 Å². The summed E-state index contributed by atoms with van der Waals surface area (Å²) in [7, 11) is 0. The van der Waals surface area contributed by atoms with Gasteiger partial charge >= 0.3 is 0 Å². The first-order valence-corrected chi connectivity index (χ1v) is 6.24. The summed E-state index contributed by atoms with van der Waals surface area (Å²) in [5, 5.41) is 2.76. The summed E-state index contributed by atoms with van der Waals surface area (Å²) in [6.07, 6.45) is 1.27. The van der Waals surface area contributed by atoms with Gasteiger partial charge in [0.2, 0.25) is 5.89 Å². The molecule has 6 heteroatoms. The third-order valence-electron chi connectivity index (χ3n) is 2.86. The molecule has 20 heavy (non-hydrogen) atoms. The van der Waals surface area contributed by atoms with Crippen LogP contribution in [0.5, 0.6) is 0 Å². The monoisotopic (exact) mass is 277 g/mol. The van der Waals surface area contributed by atoms with Gasteiger partial charge in [-0.15, -0.1) is 0 Å². The second-order valence-corrected chi connectivity index (χ2v) is 4.61. The van der Waals surface area contributed by atoms with Crippen LogP contribution < -0.4 is 11.1 Å². The van der Waals surface area contributed by atoms with Gasteiger partial charge in [0.15, 0.2) is 5.69 Å². The fraction of sp³-hybridized carbons (Fsp3) is 0.286. The molecule has 1 amide bonds. The average molecular weight is 277 g/mol. The van der Waals surface area contributed by atoms with Crippen LogP contribution in [0.2, 0.25) is 0 Å². The first-order chi connectivity index (χ1) is 9.47. The second kappa shape index (κ2) is 5.83. The third-order valence-corrected chi connectivity index (χ3v) is 2.86. The number of benzene rings is 1. The van der Waals surface area contributed by atoms with E-state index in [0.717, 1.165) is 5.56 Å². The molecule has 1 heterocycles. The van der Waals surface area contributed by atoms with Crippen molar-refractivity contribution in [2.45, 2.75) is 25.9 Å². The number of nitrogens with one attached hydrogen (secondary N) is 1. The van der Waals surface area contributed by atoms with Crippen LogP contribution in [0.25, 0.3) is 0 Å². The Balaban J connectivity index is 2.04. The molecule has 2 atom stereocenters. The fourth-order valence-electron chi connectivity index (χ4n) is 1.71. The molecule has 5 nitrogen and oxygen atoms in total. The topological polar surface area (TPSA) is 81.1 Å². The SMILES string of the molecule is CC(N)c1nc(C(=O)NC(C)c2ccc(F)cc2)co1. The lowest BCUT2D eigenvalue weighted by atomic mass is 10.1. The van der Waals surface area contributed by atoms with Gasteiger partial charge < -0.3 is 15.5 Å². The number of aromatic nitrogens is 1. The van der Waals surface area contributed by atoms with Crippen molar-refractivity contribution in [3.63, 3.8) is 0 Å². The predicted octanol–water partition coefficient (Wildman–Crippen LogP) is 2.32. The lowest BCUT2D eigenvalue weighted by Crippen LogP contribution is -2.27. The molecule has 1 aromatic carbocycles. The molecule has 2 aromatic rings. The minimum atomic E-state index is -0.369. The third kappa shape index (κ3) is 3.21. The number of carbonyl (C=O) groups excluding carboxylic acids is 1. The largest absolute Gasteiger partial charge is 0.446 e. The highest BCUT2D eigenvalue weighted by atomic mass is 19.1. The lowest BCUT2D eigenvalue weighted by molar-refractivity contribution is 0.0935. The highest BCUT2D eigenvalue weighted by molar-refractivity contribution is 5.92. The number of nitrogens with two attached hydrogens (primary N) is 1. The average Bonchev–Trinajstić information content (AvgIpc) is 2.89. The van der Waals surface area contributed by atoms with Crippen molar-refractivity contribution in [2.75, 3.05) is 0 Å². The highest BCUT2D eigenvalue weighted by Gasteiger charge is 2.16. The van der Waals surface area contributed by atoms with Gasteiger partial charge in [-0.05, 0) is 31.5 Å². The Morgan fingerprint density at radius 3 is 2.55 bits per heavy atom. The summed E-state index contributed by atoms with van der Waals surface area (Å²) in [4.78, 5) is 16.0. The van der Waals surface area contributed by atoms with E-state index in [2.05, 4.69) is 10.3 Å². The molecule has 0 aliphatic heterocycles. The molecule has 2 unspecified atom stereocenters. The van der Waals surface area contributed by atoms with E-state index < -0.39 is 0 Å². The first kappa shape index (κ1) is 14.2. The summed E-state index contributed by atoms with van der Waals surface area (Å²) in [5.41, 5.74) is 6.58. The molecule has 1 aromatic heterocycles. The summed E-state index contributed by atoms with van der Waals surface area (Å²) in [6, 6.07) is 5.31. The van der Waals surface area contributed by atoms with Crippen LogP contribution in [-0.2, 0) is 0 Å². The van der Waals surface area contributed by atoms with E-state index in [1.165, 1.54) is 18.4 Å². The van der Waals surface area contributed by atoms with Gasteiger partial charge in [0.05, 0.1) is 12.1 Å². The van der Waals surface area contributed by atoms with E-state index in [4.69, 9.17) is 10.2 Å². The van der Waals surface area contributed by atoms with Crippen LogP contribution in [-0.4, -0.2) is 10.9 Å². The van der Waals surface area contributed by atoms with E-state index >= 15 is 0 Å². The molecule has 0 bridgehead atoms. The van der Waals surface area contributed by atoms with Crippen molar-refractivity contribution in [2.24, 2.45) is 5.73 Å². The molecule has 0 radical (unpaired) electrons. The molecule has 2 rings (SSSR count). The fourth-order valence-corrected chi connectivity index (χ4v) is 1.71. The van der Waals surface area contributed by atoms with Crippen molar-refractivity contribution in [3.05, 3.63) is 53.5 Å². The highest BCUT2D eigenvalue weighted by Crippen LogP contribution is 2.14. The van der Waals surface area contributed by atoms with Crippen molar-refractivity contribution >= 4 is 5.91 Å². The molecule has 0 aliphatic carbocycles. The molecule has 0 saturated heterocycles. The number of oxazole rings is 1. The Labute approximate surface area is 116 Å². The van der Waals surface area contributed by atoms with Gasteiger partial charge in [-0.3, -0.25) is 4.79 Å². The van der Waals surface area contributed by atoms with Crippen molar-refractivity contribution in [1.82, 2.24) is 10.3 Å². The van der Waals surface area contributed by atoms with Gasteiger partial charge in [-0.25, -0.2) is 9.37 Å². The zero-order valence-corrected chi connectivity index (χ0v) is 11.3. The maximum absolute atomic E-state index is 12.8. The smallest absolute Gasteiger partial charge is 0.273 e. The van der Waals surface area contributed by atoms with Gasteiger partial charge in [-0.1, -0.05) is 12.1 Å². The van der Waals surface area contributed by atoms with Crippen LogP contribution in [0.15, 0.2) is 34.9 Å². The normalized spacial score (nSPS) is 13.8. The van der Waals surface area contributed by atoms with Crippen LogP contribution in [0.1, 0.15) is 47.9 Å². The number of carbonyl (C=O) groups is 1. The number of halogens is 1. The maximum Gasteiger partial charge on any atom is 0.273 e. The molecule has 0 aliphatic rings. The minimum absolute atomic E-state index is 0.172. The molecule has 0 spiro atoms. The Bertz CT molecular complexity index is 593. The van der Waals surface area contributed by atoms with Crippen LogP contribution in [0.4, 0.5) is 4.39 Å². The summed E-state index contributed by atoms with van der Waals surface area (Å²) in [6.45, 7) is 3.52. The van der Waals surface area contributed by atoms with Gasteiger partial charge in [0.1, 0.15) is 12.1 Å².